The van der Waals surface area contributed by atoms with E-state index in [1.807, 2.05) is 154 Å². The maximum absolute atomic E-state index is 15.1. The van der Waals surface area contributed by atoms with E-state index in [9.17, 15) is 28.8 Å². The summed E-state index contributed by atoms with van der Waals surface area (Å²) < 4.78 is 27.9. The molecule has 2 aromatic heterocycles. The van der Waals surface area contributed by atoms with Crippen LogP contribution in [0.25, 0.3) is 0 Å². The molecule has 8 atom stereocenters. The third-order valence-corrected chi connectivity index (χ3v) is 15.3. The largest absolute Gasteiger partial charge is 0.451 e. The van der Waals surface area contributed by atoms with Crippen LogP contribution in [0.2, 0.25) is 0 Å². The number of hydrogen-bond donors (Lipinski definition) is 0. The van der Waals surface area contributed by atoms with Gasteiger partial charge in [-0.1, -0.05) is 104 Å². The summed E-state index contributed by atoms with van der Waals surface area (Å²) in [6.45, 7) is 18.5. The quantitative estimate of drug-likeness (QED) is 0.0788. The summed E-state index contributed by atoms with van der Waals surface area (Å²) in [7, 11) is 13.3. The Morgan fingerprint density at radius 3 is 0.919 bits per heavy atom. The number of hydrogen-bond acceptors (Lipinski definition) is 16. The van der Waals surface area contributed by atoms with Gasteiger partial charge in [0.05, 0.1) is 36.9 Å². The highest BCUT2D eigenvalue weighted by molar-refractivity contribution is 5.94. The lowest BCUT2D eigenvalue weighted by Crippen LogP contribution is -2.55. The zero-order valence-corrected chi connectivity index (χ0v) is 53.9. The van der Waals surface area contributed by atoms with Gasteiger partial charge in [-0.15, -0.1) is 0 Å². The number of anilines is 2. The lowest BCUT2D eigenvalue weighted by Gasteiger charge is -2.35. The van der Waals surface area contributed by atoms with Crippen LogP contribution in [0, 0.1) is 23.7 Å². The predicted molar refractivity (Wildman–Crippen MR) is 327 cm³/mol. The molecule has 0 unspecified atom stereocenters. The van der Waals surface area contributed by atoms with E-state index < -0.39 is 96.1 Å². The van der Waals surface area contributed by atoms with Crippen molar-refractivity contribution in [3.8, 4) is 0 Å². The first-order valence-corrected chi connectivity index (χ1v) is 29.8. The first kappa shape index (κ1) is 69.0. The Hall–Kier alpha value is -7.78. The molecule has 22 heteroatoms. The molecule has 5 rings (SSSR count). The Kier molecular flexibility index (Phi) is 24.9. The van der Waals surface area contributed by atoms with Crippen molar-refractivity contribution in [1.82, 2.24) is 39.2 Å². The normalized spacial score (nSPS) is 22.4. The van der Waals surface area contributed by atoms with Gasteiger partial charge in [-0.2, -0.15) is 10.2 Å². The molecule has 1 fully saturated rings. The van der Waals surface area contributed by atoms with Crippen LogP contribution in [0.5, 0.6) is 0 Å². The van der Waals surface area contributed by atoms with Crippen LogP contribution in [-0.2, 0) is 83.2 Å². The number of aromatic nitrogens is 4. The molecule has 1 aliphatic heterocycles. The van der Waals surface area contributed by atoms with Crippen molar-refractivity contribution >= 4 is 58.9 Å². The number of carbonyl (C=O) groups excluding carboxylic acids is 8. The fraction of sp³-hybridized carbons (Fsp3) is 0.594. The van der Waals surface area contributed by atoms with Crippen molar-refractivity contribution in [3.63, 3.8) is 0 Å². The summed E-state index contributed by atoms with van der Waals surface area (Å²) in [6.07, 6.45) is 1.32. The van der Waals surface area contributed by atoms with Crippen LogP contribution in [0.4, 0.5) is 11.4 Å². The average molecular weight is 1200 g/mol. The van der Waals surface area contributed by atoms with Crippen molar-refractivity contribution in [2.45, 2.75) is 169 Å². The summed E-state index contributed by atoms with van der Waals surface area (Å²) in [4.78, 5) is 126. The van der Waals surface area contributed by atoms with Gasteiger partial charge in [-0.05, 0) is 85.5 Å². The summed E-state index contributed by atoms with van der Waals surface area (Å²) in [6, 6.07) is 9.58. The van der Waals surface area contributed by atoms with E-state index >= 15 is 9.59 Å². The molecule has 4 amide bonds. The van der Waals surface area contributed by atoms with Gasteiger partial charge in [0.2, 0.25) is 0 Å². The van der Waals surface area contributed by atoms with Crippen LogP contribution >= 0.6 is 0 Å². The van der Waals surface area contributed by atoms with Gasteiger partial charge in [0.25, 0.3) is 23.6 Å². The monoisotopic (exact) mass is 1190 g/mol. The highest BCUT2D eigenvalue weighted by atomic mass is 16.6. The Morgan fingerprint density at radius 1 is 0.407 bits per heavy atom. The van der Waals surface area contributed by atoms with Gasteiger partial charge in [-0.3, -0.25) is 28.5 Å². The van der Waals surface area contributed by atoms with E-state index in [1.54, 1.807) is 21.8 Å². The molecule has 4 aromatic rings. The smallest absolute Gasteiger partial charge is 0.329 e. The number of nitrogens with zero attached hydrogens (tertiary/aromatic N) is 10. The molecule has 0 radical (unpaired) electrons. The van der Waals surface area contributed by atoms with Crippen molar-refractivity contribution in [1.29, 1.82) is 0 Å². The van der Waals surface area contributed by atoms with E-state index in [2.05, 4.69) is 10.2 Å². The molecular weight excluding hydrogens is 1100 g/mol. The van der Waals surface area contributed by atoms with E-state index in [1.165, 1.54) is 42.0 Å². The van der Waals surface area contributed by atoms with E-state index in [0.717, 1.165) is 42.1 Å². The molecule has 2 aromatic carbocycles. The zero-order chi connectivity index (χ0) is 64.0. The van der Waals surface area contributed by atoms with Gasteiger partial charge in [0.1, 0.15) is 24.2 Å². The predicted octanol–water partition coefficient (Wildman–Crippen LogP) is 6.29. The van der Waals surface area contributed by atoms with Gasteiger partial charge in [-0.25, -0.2) is 19.2 Å². The Bertz CT molecular complexity index is 2720. The molecular formula is C64H94N10O12. The second-order valence-corrected chi connectivity index (χ2v) is 25.0. The van der Waals surface area contributed by atoms with Crippen LogP contribution in [0.3, 0.4) is 0 Å². The van der Waals surface area contributed by atoms with Gasteiger partial charge in [0, 0.05) is 81.6 Å². The number of rotatable bonds is 18. The molecule has 1 aliphatic rings. The molecule has 22 nitrogen and oxygen atoms in total. The van der Waals surface area contributed by atoms with Crippen LogP contribution in [0.1, 0.15) is 117 Å². The van der Waals surface area contributed by atoms with E-state index in [-0.39, 0.29) is 62.2 Å². The lowest BCUT2D eigenvalue weighted by atomic mass is 9.99. The Balaban J connectivity index is 1.58. The Morgan fingerprint density at radius 2 is 0.663 bits per heavy atom. The number of cyclic esters (lactones) is 4. The molecule has 0 bridgehead atoms. The van der Waals surface area contributed by atoms with E-state index in [4.69, 9.17) is 18.9 Å². The van der Waals surface area contributed by atoms with Crippen molar-refractivity contribution in [3.05, 3.63) is 95.6 Å². The Labute approximate surface area is 508 Å². The lowest BCUT2D eigenvalue weighted by molar-refractivity contribution is -0.176. The first-order valence-electron chi connectivity index (χ1n) is 29.8. The maximum atomic E-state index is 15.1. The standard InChI is InChI=1S/C64H94N10O12/c1-39(2)27-51-61(79)83-43(9)57(75)69(15)54(30-42(7)8)64(82)86-56(32-46-21-25-48(26-22-46)36-74-38-50(34-66-74)68(13)14)60(78)72(18)52(28-40(3)4)62(80)84-44(10)58(76)70(16)53(29-41(5)6)63(81)85-55(59(77)71(51)17)31-45-19-23-47(24-20-45)35-73-37-49(33-65-73)67(11)12/h19-26,33-34,37-44,51-56H,27-32,35-36H2,1-18H3/t43-,44-,51+,52+,53+,54+,55-,56-/m1/s1. The van der Waals surface area contributed by atoms with Gasteiger partial charge in [0.15, 0.2) is 24.4 Å². The molecule has 0 aliphatic carbocycles. The van der Waals surface area contributed by atoms with Crippen LogP contribution < -0.4 is 9.80 Å². The summed E-state index contributed by atoms with van der Waals surface area (Å²) >= 11 is 0. The average Bonchev–Trinajstić information content (AvgIpc) is 2.58. The number of likely N-dealkylation sites (N-methyl/N-ethyl adjacent to an activating group) is 4. The summed E-state index contributed by atoms with van der Waals surface area (Å²) in [5.74, 6) is -7.47. The molecule has 0 saturated carbocycles. The molecule has 0 N–H and O–H groups in total. The highest BCUT2D eigenvalue weighted by Crippen LogP contribution is 2.25. The minimum absolute atomic E-state index is 0.0782. The molecule has 3 heterocycles. The fourth-order valence-electron chi connectivity index (χ4n) is 10.2. The fourth-order valence-corrected chi connectivity index (χ4v) is 10.2. The third kappa shape index (κ3) is 19.1. The minimum atomic E-state index is -1.54. The van der Waals surface area contributed by atoms with Crippen LogP contribution in [-0.4, -0.2) is 192 Å². The molecule has 86 heavy (non-hydrogen) atoms. The SMILES string of the molecule is CC(C)C[C@H]1C(=O)O[C@H](Cc2ccc(Cn3cc(N(C)C)cn3)cc2)C(=O)N(C)[C@@H](CC(C)C)C(=O)O[C@H](C)C(=O)N(C)[C@@H](CC(C)C)C(=O)O[C@H](Cc2ccc(Cn3cc(N(C)C)cn3)cc2)C(=O)N(C)[C@@H](CC(C)C)C(=O)O[C@H](C)C(=O)N1C. The number of amides is 4. The van der Waals surface area contributed by atoms with E-state index in [0.29, 0.717) is 24.2 Å². The third-order valence-electron chi connectivity index (χ3n) is 15.3. The van der Waals surface area contributed by atoms with Crippen molar-refractivity contribution in [2.75, 3.05) is 66.2 Å². The molecule has 472 valence electrons. The molecule has 0 spiro atoms. The topological polar surface area (TPSA) is 229 Å². The number of benzene rings is 2. The molecule has 1 saturated heterocycles. The number of carbonyl (C=O) groups is 8. The second-order valence-electron chi connectivity index (χ2n) is 25.0. The maximum Gasteiger partial charge on any atom is 0.329 e. The zero-order valence-electron chi connectivity index (χ0n) is 53.9. The summed E-state index contributed by atoms with van der Waals surface area (Å²) in [5.41, 5.74) is 4.89. The number of esters is 4. The van der Waals surface area contributed by atoms with Crippen molar-refractivity contribution < 1.29 is 57.3 Å². The van der Waals surface area contributed by atoms with Crippen molar-refractivity contribution in [2.24, 2.45) is 23.7 Å². The van der Waals surface area contributed by atoms with Crippen LogP contribution in [0.15, 0.2) is 73.3 Å². The summed E-state index contributed by atoms with van der Waals surface area (Å²) in [5, 5.41) is 8.92. The van der Waals surface area contributed by atoms with Gasteiger partial charge < -0.3 is 48.3 Å². The highest BCUT2D eigenvalue weighted by Gasteiger charge is 2.43. The van der Waals surface area contributed by atoms with Gasteiger partial charge >= 0.3 is 23.9 Å². The second kappa shape index (κ2) is 31.0. The number of ether oxygens (including phenoxy) is 4. The minimum Gasteiger partial charge on any atom is -0.451 e. The first-order chi connectivity index (χ1) is 40.3.